The van der Waals surface area contributed by atoms with Crippen LogP contribution in [0.25, 0.3) is 0 Å². The maximum Gasteiger partial charge on any atom is 0.260 e. The SMILES string of the molecule is CC(Oc1ccccc1C#N)C(=O)NCC(O)c1ccccc1F. The summed E-state index contributed by atoms with van der Waals surface area (Å²) in [7, 11) is 0. The number of hydrogen-bond donors (Lipinski definition) is 2. The van der Waals surface area contributed by atoms with Crippen molar-refractivity contribution in [1.82, 2.24) is 5.32 Å². The molecule has 0 aliphatic rings. The fraction of sp³-hybridized carbons (Fsp3) is 0.222. The van der Waals surface area contributed by atoms with E-state index in [2.05, 4.69) is 5.32 Å². The standard InChI is InChI=1S/C18H17FN2O3/c1-12(24-17-9-5-2-6-13(17)10-20)18(23)21-11-16(22)14-7-3-4-8-15(14)19/h2-9,12,16,22H,11H2,1H3,(H,21,23). The molecule has 0 heterocycles. The monoisotopic (exact) mass is 328 g/mol. The number of hydrogen-bond acceptors (Lipinski definition) is 4. The number of nitrogens with zero attached hydrogens (tertiary/aromatic N) is 1. The predicted octanol–water partition coefficient (Wildman–Crippen LogP) is 2.31. The van der Waals surface area contributed by atoms with Crippen molar-refractivity contribution in [2.24, 2.45) is 0 Å². The number of nitrogens with one attached hydrogen (secondary N) is 1. The van der Waals surface area contributed by atoms with Crippen molar-refractivity contribution >= 4 is 5.91 Å². The number of amides is 1. The number of aliphatic hydroxyl groups is 1. The van der Waals surface area contributed by atoms with Gasteiger partial charge in [0.2, 0.25) is 0 Å². The Hall–Kier alpha value is -2.91. The van der Waals surface area contributed by atoms with Crippen LogP contribution >= 0.6 is 0 Å². The van der Waals surface area contributed by atoms with Crippen LogP contribution in [0.2, 0.25) is 0 Å². The fourth-order valence-corrected chi connectivity index (χ4v) is 2.10. The third kappa shape index (κ3) is 4.31. The first-order valence-electron chi connectivity index (χ1n) is 7.39. The number of carbonyl (C=O) groups excluding carboxylic acids is 1. The highest BCUT2D eigenvalue weighted by Crippen LogP contribution is 2.18. The number of halogens is 1. The van der Waals surface area contributed by atoms with Gasteiger partial charge in [0.1, 0.15) is 17.6 Å². The number of nitriles is 1. The highest BCUT2D eigenvalue weighted by atomic mass is 19.1. The summed E-state index contributed by atoms with van der Waals surface area (Å²) < 4.78 is 19.0. The molecule has 2 N–H and O–H groups in total. The minimum absolute atomic E-state index is 0.112. The largest absolute Gasteiger partial charge is 0.480 e. The summed E-state index contributed by atoms with van der Waals surface area (Å²) in [5.41, 5.74) is 0.435. The molecule has 0 bridgehead atoms. The summed E-state index contributed by atoms with van der Waals surface area (Å²) in [6.45, 7) is 1.38. The molecule has 0 radical (unpaired) electrons. The fourth-order valence-electron chi connectivity index (χ4n) is 2.10. The van der Waals surface area contributed by atoms with Crippen LogP contribution in [0.3, 0.4) is 0 Å². The minimum atomic E-state index is -1.16. The van der Waals surface area contributed by atoms with Gasteiger partial charge in [0.15, 0.2) is 6.10 Å². The first-order valence-corrected chi connectivity index (χ1v) is 7.39. The van der Waals surface area contributed by atoms with E-state index in [1.807, 2.05) is 6.07 Å². The molecule has 1 amide bonds. The topological polar surface area (TPSA) is 82.3 Å². The van der Waals surface area contributed by atoms with Crippen molar-refractivity contribution in [2.75, 3.05) is 6.54 Å². The first-order chi connectivity index (χ1) is 11.5. The molecular weight excluding hydrogens is 311 g/mol. The molecule has 0 aliphatic carbocycles. The maximum atomic E-state index is 13.6. The molecule has 24 heavy (non-hydrogen) atoms. The average molecular weight is 328 g/mol. The lowest BCUT2D eigenvalue weighted by atomic mass is 10.1. The van der Waals surface area contributed by atoms with Crippen molar-refractivity contribution in [3.63, 3.8) is 0 Å². The number of ether oxygens (including phenoxy) is 1. The molecule has 124 valence electrons. The summed E-state index contributed by atoms with van der Waals surface area (Å²) >= 11 is 0. The van der Waals surface area contributed by atoms with Gasteiger partial charge in [-0.3, -0.25) is 4.79 Å². The van der Waals surface area contributed by atoms with E-state index in [0.717, 1.165) is 0 Å². The molecule has 0 saturated heterocycles. The minimum Gasteiger partial charge on any atom is -0.480 e. The molecule has 6 heteroatoms. The van der Waals surface area contributed by atoms with E-state index >= 15 is 0 Å². The summed E-state index contributed by atoms with van der Waals surface area (Å²) in [6, 6.07) is 14.4. The Bertz CT molecular complexity index is 758. The van der Waals surface area contributed by atoms with E-state index in [1.165, 1.54) is 25.1 Å². The summed E-state index contributed by atoms with van der Waals surface area (Å²) in [6.07, 6.45) is -2.03. The van der Waals surface area contributed by atoms with Gasteiger partial charge in [0.05, 0.1) is 11.7 Å². The molecule has 0 aliphatic heterocycles. The zero-order chi connectivity index (χ0) is 17.5. The predicted molar refractivity (Wildman–Crippen MR) is 85.6 cm³/mol. The summed E-state index contributed by atoms with van der Waals surface area (Å²) in [5.74, 6) is -0.707. The Balaban J connectivity index is 1.92. The Morgan fingerprint density at radius 3 is 2.67 bits per heavy atom. The average Bonchev–Trinajstić information content (AvgIpc) is 2.60. The number of aliphatic hydroxyl groups excluding tert-OH is 1. The lowest BCUT2D eigenvalue weighted by Gasteiger charge is -2.17. The van der Waals surface area contributed by atoms with Gasteiger partial charge in [-0.2, -0.15) is 5.26 Å². The van der Waals surface area contributed by atoms with Gasteiger partial charge in [0, 0.05) is 12.1 Å². The molecule has 0 fully saturated rings. The van der Waals surface area contributed by atoms with E-state index in [0.29, 0.717) is 11.3 Å². The van der Waals surface area contributed by atoms with E-state index in [4.69, 9.17) is 10.00 Å². The number of benzene rings is 2. The lowest BCUT2D eigenvalue weighted by Crippen LogP contribution is -2.38. The Morgan fingerprint density at radius 2 is 1.96 bits per heavy atom. The molecule has 2 unspecified atom stereocenters. The van der Waals surface area contributed by atoms with Crippen molar-refractivity contribution in [1.29, 1.82) is 5.26 Å². The molecule has 2 aromatic carbocycles. The van der Waals surface area contributed by atoms with E-state index in [-0.39, 0.29) is 12.1 Å². The van der Waals surface area contributed by atoms with Gasteiger partial charge < -0.3 is 15.2 Å². The van der Waals surface area contributed by atoms with Gasteiger partial charge in [-0.25, -0.2) is 4.39 Å². The van der Waals surface area contributed by atoms with Crippen LogP contribution in [0.15, 0.2) is 48.5 Å². The van der Waals surface area contributed by atoms with Gasteiger partial charge in [0.25, 0.3) is 5.91 Å². The van der Waals surface area contributed by atoms with E-state index in [1.54, 1.807) is 30.3 Å². The number of carbonyl (C=O) groups is 1. The van der Waals surface area contributed by atoms with Crippen LogP contribution in [0, 0.1) is 17.1 Å². The summed E-state index contributed by atoms with van der Waals surface area (Å²) in [5, 5.41) is 21.5. The van der Waals surface area contributed by atoms with Crippen molar-refractivity contribution in [3.8, 4) is 11.8 Å². The second-order valence-electron chi connectivity index (χ2n) is 5.15. The molecular formula is C18H17FN2O3. The van der Waals surface area contributed by atoms with Gasteiger partial charge >= 0.3 is 0 Å². The van der Waals surface area contributed by atoms with Crippen LogP contribution in [0.5, 0.6) is 5.75 Å². The molecule has 0 spiro atoms. The Kier molecular flexibility index (Phi) is 5.88. The van der Waals surface area contributed by atoms with Crippen LogP contribution in [0.4, 0.5) is 4.39 Å². The van der Waals surface area contributed by atoms with Crippen molar-refractivity contribution < 1.29 is 19.0 Å². The number of para-hydroxylation sites is 1. The van der Waals surface area contributed by atoms with Gasteiger partial charge in [-0.05, 0) is 25.1 Å². The van der Waals surface area contributed by atoms with Gasteiger partial charge in [-0.15, -0.1) is 0 Å². The van der Waals surface area contributed by atoms with Gasteiger partial charge in [-0.1, -0.05) is 30.3 Å². The first kappa shape index (κ1) is 17.4. The number of rotatable bonds is 6. The molecule has 0 saturated carbocycles. The van der Waals surface area contributed by atoms with Crippen LogP contribution in [0.1, 0.15) is 24.2 Å². The Labute approximate surface area is 139 Å². The van der Waals surface area contributed by atoms with Crippen molar-refractivity contribution in [2.45, 2.75) is 19.1 Å². The molecule has 2 aromatic rings. The maximum absolute atomic E-state index is 13.6. The zero-order valence-electron chi connectivity index (χ0n) is 13.1. The highest BCUT2D eigenvalue weighted by Gasteiger charge is 2.19. The quantitative estimate of drug-likeness (QED) is 0.852. The third-order valence-corrected chi connectivity index (χ3v) is 3.41. The zero-order valence-corrected chi connectivity index (χ0v) is 13.1. The van der Waals surface area contributed by atoms with E-state index in [9.17, 15) is 14.3 Å². The highest BCUT2D eigenvalue weighted by molar-refractivity contribution is 5.80. The van der Waals surface area contributed by atoms with Crippen LogP contribution in [-0.4, -0.2) is 23.7 Å². The molecule has 2 rings (SSSR count). The van der Waals surface area contributed by atoms with Crippen molar-refractivity contribution in [3.05, 3.63) is 65.5 Å². The smallest absolute Gasteiger partial charge is 0.260 e. The molecule has 5 nitrogen and oxygen atoms in total. The summed E-state index contributed by atoms with van der Waals surface area (Å²) in [4.78, 5) is 12.0. The second-order valence-corrected chi connectivity index (χ2v) is 5.15. The second kappa shape index (κ2) is 8.09. The van der Waals surface area contributed by atoms with Crippen LogP contribution < -0.4 is 10.1 Å². The van der Waals surface area contributed by atoms with Crippen LogP contribution in [-0.2, 0) is 4.79 Å². The lowest BCUT2D eigenvalue weighted by molar-refractivity contribution is -0.127. The molecule has 0 aromatic heterocycles. The normalized spacial score (nSPS) is 12.8. The molecule has 2 atom stereocenters. The van der Waals surface area contributed by atoms with E-state index < -0.39 is 23.9 Å². The Morgan fingerprint density at radius 1 is 1.29 bits per heavy atom. The third-order valence-electron chi connectivity index (χ3n) is 3.41.